The number of carbonyl (C=O) groups is 1. The summed E-state index contributed by atoms with van der Waals surface area (Å²) in [5, 5.41) is 5.27. The third-order valence-electron chi connectivity index (χ3n) is 4.91. The first-order valence-corrected chi connectivity index (χ1v) is 10.4. The monoisotopic (exact) mass is 363 g/mol. The third-order valence-corrected chi connectivity index (χ3v) is 6.98. The van der Waals surface area contributed by atoms with Crippen LogP contribution in [0, 0.1) is 26.7 Å². The van der Waals surface area contributed by atoms with E-state index in [1.54, 1.807) is 11.3 Å². The van der Waals surface area contributed by atoms with Gasteiger partial charge in [0.05, 0.1) is 5.75 Å². The maximum Gasteiger partial charge on any atom is 0.230 e. The normalized spacial score (nSPS) is 21.2. The zero-order chi connectivity index (χ0) is 17.3. The lowest BCUT2D eigenvalue weighted by Gasteiger charge is -2.29. The zero-order valence-electron chi connectivity index (χ0n) is 14.8. The molecule has 2 aromatic rings. The molecule has 1 aliphatic carbocycles. The van der Waals surface area contributed by atoms with Crippen LogP contribution in [0.5, 0.6) is 0 Å². The molecule has 1 saturated carbocycles. The quantitative estimate of drug-likeness (QED) is 0.646. The van der Waals surface area contributed by atoms with Crippen LogP contribution in [0.4, 0.5) is 0 Å². The second-order valence-electron chi connectivity index (χ2n) is 6.76. The topological polar surface area (TPSA) is 54.9 Å². The first-order valence-electron chi connectivity index (χ1n) is 8.62. The number of amides is 1. The number of nitrogens with one attached hydrogen (secondary N) is 1. The molecule has 130 valence electrons. The number of fused-ring (bicyclic) bond motifs is 1. The van der Waals surface area contributed by atoms with Gasteiger partial charge in [-0.3, -0.25) is 4.79 Å². The van der Waals surface area contributed by atoms with Crippen LogP contribution in [0.1, 0.15) is 48.9 Å². The van der Waals surface area contributed by atoms with Gasteiger partial charge in [0, 0.05) is 16.3 Å². The van der Waals surface area contributed by atoms with E-state index in [4.69, 9.17) is 0 Å². The van der Waals surface area contributed by atoms with Gasteiger partial charge in [0.25, 0.3) is 0 Å². The molecule has 0 unspecified atom stereocenters. The molecule has 0 spiro atoms. The van der Waals surface area contributed by atoms with Gasteiger partial charge in [0.15, 0.2) is 0 Å². The molecule has 0 aromatic carbocycles. The van der Waals surface area contributed by atoms with Gasteiger partial charge in [-0.15, -0.1) is 11.3 Å². The average Bonchev–Trinajstić information content (AvgIpc) is 2.81. The van der Waals surface area contributed by atoms with Gasteiger partial charge in [-0.1, -0.05) is 31.5 Å². The number of thioether (sulfide) groups is 1. The zero-order valence-corrected chi connectivity index (χ0v) is 16.4. The maximum absolute atomic E-state index is 12.4. The molecule has 4 nitrogen and oxygen atoms in total. The summed E-state index contributed by atoms with van der Waals surface area (Å²) in [6.07, 6.45) is 4.84. The summed E-state index contributed by atoms with van der Waals surface area (Å²) < 4.78 is 0. The molecular weight excluding hydrogens is 338 g/mol. The Balaban J connectivity index is 1.70. The summed E-state index contributed by atoms with van der Waals surface area (Å²) in [4.78, 5) is 23.8. The van der Waals surface area contributed by atoms with Crippen molar-refractivity contribution < 1.29 is 4.79 Å². The fraction of sp³-hybridized carbons (Fsp3) is 0.611. The summed E-state index contributed by atoms with van der Waals surface area (Å²) in [5.41, 5.74) is 1.24. The Morgan fingerprint density at radius 3 is 2.75 bits per heavy atom. The Bertz CT molecular complexity index is 756. The Labute approximate surface area is 151 Å². The lowest BCUT2D eigenvalue weighted by Crippen LogP contribution is -2.41. The predicted octanol–water partition coefficient (Wildman–Crippen LogP) is 4.40. The van der Waals surface area contributed by atoms with E-state index in [0.29, 0.717) is 17.7 Å². The summed E-state index contributed by atoms with van der Waals surface area (Å²) in [5.74, 6) is 1.89. The second kappa shape index (κ2) is 7.40. The number of thiophene rings is 1. The van der Waals surface area contributed by atoms with E-state index in [0.717, 1.165) is 27.5 Å². The van der Waals surface area contributed by atoms with Gasteiger partial charge < -0.3 is 5.32 Å². The van der Waals surface area contributed by atoms with E-state index in [1.165, 1.54) is 41.5 Å². The fourth-order valence-corrected chi connectivity index (χ4v) is 5.41. The van der Waals surface area contributed by atoms with E-state index >= 15 is 0 Å². The Kier molecular flexibility index (Phi) is 5.45. The molecule has 1 fully saturated rings. The highest BCUT2D eigenvalue weighted by atomic mass is 32.2. The maximum atomic E-state index is 12.4. The standard InChI is InChI=1S/C18H25N3OS2/c1-10-7-5-6-8-14(10)21-15(22)9-23-17-16-11(2)12(3)24-18(16)20-13(4)19-17/h10,14H,5-9H2,1-4H3,(H,21,22)/t10-,14-/m1/s1. The van der Waals surface area contributed by atoms with Crippen molar-refractivity contribution in [3.8, 4) is 0 Å². The van der Waals surface area contributed by atoms with Crippen LogP contribution in [0.25, 0.3) is 10.2 Å². The molecule has 2 atom stereocenters. The number of hydrogen-bond acceptors (Lipinski definition) is 5. The first kappa shape index (κ1) is 17.7. The summed E-state index contributed by atoms with van der Waals surface area (Å²) in [7, 11) is 0. The fourth-order valence-electron chi connectivity index (χ4n) is 3.33. The van der Waals surface area contributed by atoms with E-state index in [1.807, 2.05) is 6.92 Å². The van der Waals surface area contributed by atoms with Crippen molar-refractivity contribution in [2.24, 2.45) is 5.92 Å². The SMILES string of the molecule is Cc1nc(SCC(=O)N[C@@H]2CCCC[C@H]2C)c2c(C)c(C)sc2n1. The van der Waals surface area contributed by atoms with Gasteiger partial charge in [0.2, 0.25) is 5.91 Å². The van der Waals surface area contributed by atoms with Crippen molar-refractivity contribution in [3.63, 3.8) is 0 Å². The van der Waals surface area contributed by atoms with Gasteiger partial charge in [-0.2, -0.15) is 0 Å². The van der Waals surface area contributed by atoms with Crippen molar-refractivity contribution in [2.75, 3.05) is 5.75 Å². The van der Waals surface area contributed by atoms with Crippen LogP contribution in [-0.4, -0.2) is 27.7 Å². The van der Waals surface area contributed by atoms with Crippen LogP contribution in [0.3, 0.4) is 0 Å². The molecule has 1 aliphatic rings. The van der Waals surface area contributed by atoms with Crippen LogP contribution < -0.4 is 5.32 Å². The molecule has 1 N–H and O–H groups in total. The first-order chi connectivity index (χ1) is 11.5. The highest BCUT2D eigenvalue weighted by Gasteiger charge is 2.23. The van der Waals surface area contributed by atoms with Crippen LogP contribution in [0.15, 0.2) is 5.03 Å². The van der Waals surface area contributed by atoms with E-state index in [9.17, 15) is 4.79 Å². The van der Waals surface area contributed by atoms with Gasteiger partial charge in [0.1, 0.15) is 15.7 Å². The lowest BCUT2D eigenvalue weighted by molar-refractivity contribution is -0.119. The number of carbonyl (C=O) groups excluding carboxylic acids is 1. The Morgan fingerprint density at radius 2 is 2.00 bits per heavy atom. The highest BCUT2D eigenvalue weighted by molar-refractivity contribution is 8.00. The van der Waals surface area contributed by atoms with Crippen LogP contribution in [0.2, 0.25) is 0 Å². The molecule has 1 amide bonds. The van der Waals surface area contributed by atoms with Crippen molar-refractivity contribution in [2.45, 2.75) is 64.4 Å². The minimum Gasteiger partial charge on any atom is -0.352 e. The molecule has 0 aliphatic heterocycles. The number of aromatic nitrogens is 2. The van der Waals surface area contributed by atoms with Crippen molar-refractivity contribution in [1.82, 2.24) is 15.3 Å². The molecule has 2 aromatic heterocycles. The van der Waals surface area contributed by atoms with Gasteiger partial charge in [-0.25, -0.2) is 9.97 Å². The molecular formula is C18H25N3OS2. The number of nitrogens with zero attached hydrogens (tertiary/aromatic N) is 2. The molecule has 3 rings (SSSR count). The number of hydrogen-bond donors (Lipinski definition) is 1. The molecule has 0 radical (unpaired) electrons. The summed E-state index contributed by atoms with van der Waals surface area (Å²) in [6, 6.07) is 0.337. The van der Waals surface area contributed by atoms with Crippen molar-refractivity contribution in [1.29, 1.82) is 0 Å². The van der Waals surface area contributed by atoms with Crippen LogP contribution in [-0.2, 0) is 4.79 Å². The molecule has 0 saturated heterocycles. The second-order valence-corrected chi connectivity index (χ2v) is 8.93. The smallest absolute Gasteiger partial charge is 0.230 e. The molecule has 0 bridgehead atoms. The number of rotatable bonds is 4. The Hall–Kier alpha value is -1.14. The van der Waals surface area contributed by atoms with Crippen LogP contribution >= 0.6 is 23.1 Å². The molecule has 2 heterocycles. The third kappa shape index (κ3) is 3.75. The van der Waals surface area contributed by atoms with E-state index in [-0.39, 0.29) is 5.91 Å². The summed E-state index contributed by atoms with van der Waals surface area (Å²) in [6.45, 7) is 8.38. The van der Waals surface area contributed by atoms with Gasteiger partial charge >= 0.3 is 0 Å². The molecule has 6 heteroatoms. The van der Waals surface area contributed by atoms with E-state index < -0.39 is 0 Å². The highest BCUT2D eigenvalue weighted by Crippen LogP contribution is 2.35. The predicted molar refractivity (Wildman–Crippen MR) is 102 cm³/mol. The lowest BCUT2D eigenvalue weighted by atomic mass is 9.86. The minimum atomic E-state index is 0.118. The Morgan fingerprint density at radius 1 is 1.25 bits per heavy atom. The van der Waals surface area contributed by atoms with Crippen molar-refractivity contribution in [3.05, 3.63) is 16.3 Å². The largest absolute Gasteiger partial charge is 0.352 e. The molecule has 24 heavy (non-hydrogen) atoms. The van der Waals surface area contributed by atoms with Gasteiger partial charge in [-0.05, 0) is 45.1 Å². The van der Waals surface area contributed by atoms with Crippen molar-refractivity contribution >= 4 is 39.2 Å². The minimum absolute atomic E-state index is 0.118. The summed E-state index contributed by atoms with van der Waals surface area (Å²) >= 11 is 3.24. The number of aryl methyl sites for hydroxylation is 3. The average molecular weight is 364 g/mol. The van der Waals surface area contributed by atoms with E-state index in [2.05, 4.69) is 36.1 Å².